The smallest absolute Gasteiger partial charge is 0.164 e. The molecule has 17 heavy (non-hydrogen) atoms. The summed E-state index contributed by atoms with van der Waals surface area (Å²) >= 11 is 1.81. The third-order valence-electron chi connectivity index (χ3n) is 2.52. The molecule has 1 aromatic carbocycles. The van der Waals surface area contributed by atoms with Gasteiger partial charge in [-0.3, -0.25) is 0 Å². The molecule has 0 N–H and O–H groups in total. The number of benzene rings is 1. The molecule has 0 aliphatic carbocycles. The van der Waals surface area contributed by atoms with Crippen LogP contribution in [-0.2, 0) is 0 Å². The summed E-state index contributed by atoms with van der Waals surface area (Å²) in [5.74, 6) is 2.05. The minimum absolute atomic E-state index is 0.770. The van der Waals surface area contributed by atoms with Gasteiger partial charge in [0.25, 0.3) is 0 Å². The Balaban J connectivity index is 2.02. The maximum absolute atomic E-state index is 5.54. The monoisotopic (exact) mass is 250 g/mol. The molecule has 2 rings (SSSR count). The summed E-state index contributed by atoms with van der Waals surface area (Å²) in [6.45, 7) is 3.96. The molecule has 0 radical (unpaired) electrons. The summed E-state index contributed by atoms with van der Waals surface area (Å²) in [5, 5.41) is 1.10. The van der Waals surface area contributed by atoms with Crippen LogP contribution >= 0.6 is 11.8 Å². The van der Waals surface area contributed by atoms with Gasteiger partial charge in [0.15, 0.2) is 5.17 Å². The van der Waals surface area contributed by atoms with Gasteiger partial charge in [0.1, 0.15) is 5.75 Å². The number of ether oxygens (including phenoxy) is 1. The predicted octanol–water partition coefficient (Wildman–Crippen LogP) is 3.14. The molecule has 0 spiro atoms. The van der Waals surface area contributed by atoms with Gasteiger partial charge in [-0.05, 0) is 30.7 Å². The van der Waals surface area contributed by atoms with Crippen LogP contribution < -0.4 is 4.74 Å². The summed E-state index contributed by atoms with van der Waals surface area (Å²) in [5.41, 5.74) is 0.991. The largest absolute Gasteiger partial charge is 0.494 e. The van der Waals surface area contributed by atoms with E-state index in [0.717, 1.165) is 41.9 Å². The van der Waals surface area contributed by atoms with Crippen molar-refractivity contribution in [3.05, 3.63) is 24.3 Å². The van der Waals surface area contributed by atoms with Gasteiger partial charge >= 0.3 is 0 Å². The van der Waals surface area contributed by atoms with Gasteiger partial charge in [-0.25, -0.2) is 4.99 Å². The molecule has 4 heteroatoms. The highest BCUT2D eigenvalue weighted by Crippen LogP contribution is 2.23. The van der Waals surface area contributed by atoms with E-state index in [1.807, 2.05) is 36.0 Å². The molecule has 0 atom stereocenters. The molecular formula is C13H18N2OS. The van der Waals surface area contributed by atoms with Gasteiger partial charge in [-0.15, -0.1) is 0 Å². The second-order valence-electron chi connectivity index (χ2n) is 4.01. The van der Waals surface area contributed by atoms with Crippen molar-refractivity contribution < 1.29 is 4.74 Å². The molecule has 3 nitrogen and oxygen atoms in total. The minimum atomic E-state index is 0.770. The summed E-state index contributed by atoms with van der Waals surface area (Å²) in [7, 11) is 2.08. The molecule has 1 aromatic rings. The molecule has 0 saturated carbocycles. The maximum Gasteiger partial charge on any atom is 0.164 e. The Morgan fingerprint density at radius 2 is 2.12 bits per heavy atom. The van der Waals surface area contributed by atoms with E-state index in [1.165, 1.54) is 0 Å². The van der Waals surface area contributed by atoms with Crippen LogP contribution in [-0.4, -0.2) is 36.0 Å². The van der Waals surface area contributed by atoms with Gasteiger partial charge in [-0.2, -0.15) is 0 Å². The van der Waals surface area contributed by atoms with Crippen molar-refractivity contribution in [3.8, 4) is 5.75 Å². The lowest BCUT2D eigenvalue weighted by Crippen LogP contribution is -2.17. The molecule has 92 valence electrons. The van der Waals surface area contributed by atoms with E-state index in [-0.39, 0.29) is 0 Å². The van der Waals surface area contributed by atoms with E-state index in [9.17, 15) is 0 Å². The molecule has 0 aromatic heterocycles. The Morgan fingerprint density at radius 1 is 1.35 bits per heavy atom. The summed E-state index contributed by atoms with van der Waals surface area (Å²) in [4.78, 5) is 6.80. The molecule has 1 aliphatic heterocycles. The first kappa shape index (κ1) is 12.3. The van der Waals surface area contributed by atoms with Crippen LogP contribution in [0.2, 0.25) is 0 Å². The van der Waals surface area contributed by atoms with Crippen molar-refractivity contribution in [1.29, 1.82) is 0 Å². The first-order valence-electron chi connectivity index (χ1n) is 5.95. The van der Waals surface area contributed by atoms with E-state index in [2.05, 4.69) is 23.9 Å². The van der Waals surface area contributed by atoms with E-state index in [0.29, 0.717) is 0 Å². The highest BCUT2D eigenvalue weighted by molar-refractivity contribution is 8.14. The molecule has 0 unspecified atom stereocenters. The zero-order valence-electron chi connectivity index (χ0n) is 10.3. The van der Waals surface area contributed by atoms with E-state index >= 15 is 0 Å². The van der Waals surface area contributed by atoms with Crippen LogP contribution in [0.15, 0.2) is 29.3 Å². The molecular weight excluding hydrogens is 232 g/mol. The second-order valence-corrected chi connectivity index (χ2v) is 5.07. The second kappa shape index (κ2) is 5.96. The fourth-order valence-electron chi connectivity index (χ4n) is 1.54. The van der Waals surface area contributed by atoms with Gasteiger partial charge in [0, 0.05) is 19.3 Å². The third kappa shape index (κ3) is 3.40. The van der Waals surface area contributed by atoms with Crippen LogP contribution in [0.1, 0.15) is 13.3 Å². The maximum atomic E-state index is 5.54. The van der Waals surface area contributed by atoms with Crippen molar-refractivity contribution >= 4 is 22.6 Å². The van der Waals surface area contributed by atoms with Gasteiger partial charge < -0.3 is 9.64 Å². The standard InChI is InChI=1S/C13H18N2OS/c1-3-9-16-12-6-4-11(5-7-12)14-13-15(2)8-10-17-13/h4-7H,3,8-10H2,1-2H3. The zero-order valence-corrected chi connectivity index (χ0v) is 11.2. The molecule has 1 aliphatic rings. The first-order valence-corrected chi connectivity index (χ1v) is 6.93. The Kier molecular flexibility index (Phi) is 4.31. The van der Waals surface area contributed by atoms with Crippen molar-refractivity contribution in [3.63, 3.8) is 0 Å². The quantitative estimate of drug-likeness (QED) is 0.820. The van der Waals surface area contributed by atoms with Crippen molar-refractivity contribution in [2.24, 2.45) is 4.99 Å². The van der Waals surface area contributed by atoms with Crippen molar-refractivity contribution in [1.82, 2.24) is 4.90 Å². The highest BCUT2D eigenvalue weighted by Gasteiger charge is 2.14. The number of thioether (sulfide) groups is 1. The lowest BCUT2D eigenvalue weighted by molar-refractivity contribution is 0.317. The number of hydrogen-bond donors (Lipinski definition) is 0. The Morgan fingerprint density at radius 3 is 2.71 bits per heavy atom. The Hall–Kier alpha value is -1.16. The summed E-state index contributed by atoms with van der Waals surface area (Å²) in [6.07, 6.45) is 1.03. The number of hydrogen-bond acceptors (Lipinski definition) is 3. The average molecular weight is 250 g/mol. The number of amidine groups is 1. The minimum Gasteiger partial charge on any atom is -0.494 e. The summed E-state index contributed by atoms with van der Waals surface area (Å²) < 4.78 is 5.54. The SMILES string of the molecule is CCCOc1ccc(N=C2SCCN2C)cc1. The van der Waals surface area contributed by atoms with E-state index in [1.54, 1.807) is 0 Å². The van der Waals surface area contributed by atoms with Gasteiger partial charge in [0.2, 0.25) is 0 Å². The lowest BCUT2D eigenvalue weighted by atomic mass is 10.3. The number of nitrogens with zero attached hydrogens (tertiary/aromatic N) is 2. The molecule has 0 bridgehead atoms. The van der Waals surface area contributed by atoms with Crippen LogP contribution in [0.5, 0.6) is 5.75 Å². The fourth-order valence-corrected chi connectivity index (χ4v) is 2.57. The van der Waals surface area contributed by atoms with E-state index < -0.39 is 0 Å². The van der Waals surface area contributed by atoms with Crippen LogP contribution in [0.3, 0.4) is 0 Å². The number of aliphatic imine (C=N–C) groups is 1. The summed E-state index contributed by atoms with van der Waals surface area (Å²) in [6, 6.07) is 7.97. The molecule has 0 amide bonds. The normalized spacial score (nSPS) is 17.8. The van der Waals surface area contributed by atoms with E-state index in [4.69, 9.17) is 4.74 Å². The zero-order chi connectivity index (χ0) is 12.1. The molecule has 1 saturated heterocycles. The third-order valence-corrected chi connectivity index (χ3v) is 3.57. The van der Waals surface area contributed by atoms with Crippen LogP contribution in [0, 0.1) is 0 Å². The van der Waals surface area contributed by atoms with Gasteiger partial charge in [0.05, 0.1) is 12.3 Å². The van der Waals surface area contributed by atoms with Crippen molar-refractivity contribution in [2.75, 3.05) is 26.0 Å². The number of rotatable bonds is 4. The predicted molar refractivity (Wildman–Crippen MR) is 74.4 cm³/mol. The Labute approximate surface area is 107 Å². The average Bonchev–Trinajstić information content (AvgIpc) is 2.74. The topological polar surface area (TPSA) is 24.8 Å². The Bertz CT molecular complexity index is 389. The van der Waals surface area contributed by atoms with Crippen LogP contribution in [0.25, 0.3) is 0 Å². The molecule has 1 heterocycles. The van der Waals surface area contributed by atoms with Crippen molar-refractivity contribution in [2.45, 2.75) is 13.3 Å². The van der Waals surface area contributed by atoms with Gasteiger partial charge in [-0.1, -0.05) is 18.7 Å². The highest BCUT2D eigenvalue weighted by atomic mass is 32.2. The molecule has 1 fully saturated rings. The first-order chi connectivity index (χ1) is 8.29. The lowest BCUT2D eigenvalue weighted by Gasteiger charge is -2.09. The fraction of sp³-hybridized carbons (Fsp3) is 0.462. The van der Waals surface area contributed by atoms with Crippen LogP contribution in [0.4, 0.5) is 5.69 Å².